The summed E-state index contributed by atoms with van der Waals surface area (Å²) >= 11 is 0. The zero-order valence-corrected chi connectivity index (χ0v) is 20.7. The van der Waals surface area contributed by atoms with Crippen molar-refractivity contribution in [3.63, 3.8) is 0 Å². The van der Waals surface area contributed by atoms with Gasteiger partial charge in [0.2, 0.25) is 0 Å². The van der Waals surface area contributed by atoms with Crippen LogP contribution in [0.2, 0.25) is 0 Å². The van der Waals surface area contributed by atoms with Crippen molar-refractivity contribution in [2.45, 2.75) is 13.0 Å². The third-order valence-electron chi connectivity index (χ3n) is 6.34. The van der Waals surface area contributed by atoms with E-state index < -0.39 is 18.0 Å². The van der Waals surface area contributed by atoms with Gasteiger partial charge < -0.3 is 29.7 Å². The highest BCUT2D eigenvalue weighted by molar-refractivity contribution is 5.95. The van der Waals surface area contributed by atoms with Crippen molar-refractivity contribution in [1.29, 1.82) is 0 Å². The Labute approximate surface area is 209 Å². The van der Waals surface area contributed by atoms with Gasteiger partial charge in [0.15, 0.2) is 11.5 Å². The third-order valence-corrected chi connectivity index (χ3v) is 6.34. The van der Waals surface area contributed by atoms with Crippen LogP contribution in [0.25, 0.3) is 0 Å². The summed E-state index contributed by atoms with van der Waals surface area (Å²) in [6.45, 7) is 5.16. The highest BCUT2D eigenvalue weighted by atomic mass is 19.1. The monoisotopic (exact) mass is 498 g/mol. The van der Waals surface area contributed by atoms with Gasteiger partial charge in [0.05, 0.1) is 32.4 Å². The first-order valence-electron chi connectivity index (χ1n) is 11.9. The van der Waals surface area contributed by atoms with Crippen molar-refractivity contribution >= 4 is 17.7 Å². The number of esters is 1. The molecule has 2 aliphatic heterocycles. The van der Waals surface area contributed by atoms with Gasteiger partial charge >= 0.3 is 12.0 Å². The van der Waals surface area contributed by atoms with Crippen molar-refractivity contribution in [3.05, 3.63) is 65.1 Å². The largest absolute Gasteiger partial charge is 0.493 e. The van der Waals surface area contributed by atoms with Gasteiger partial charge in [-0.05, 0) is 37.3 Å². The van der Waals surface area contributed by atoms with Gasteiger partial charge in [-0.1, -0.05) is 12.1 Å². The summed E-state index contributed by atoms with van der Waals surface area (Å²) in [4.78, 5) is 30.2. The van der Waals surface area contributed by atoms with Gasteiger partial charge in [-0.3, -0.25) is 4.90 Å². The number of ether oxygens (including phenoxy) is 3. The quantitative estimate of drug-likeness (QED) is 0.541. The van der Waals surface area contributed by atoms with E-state index in [-0.39, 0.29) is 12.4 Å². The number of carbonyl (C=O) groups is 2. The van der Waals surface area contributed by atoms with E-state index in [2.05, 4.69) is 20.4 Å². The van der Waals surface area contributed by atoms with E-state index in [0.29, 0.717) is 48.0 Å². The van der Waals surface area contributed by atoms with Crippen LogP contribution < -0.4 is 25.0 Å². The molecule has 0 bridgehead atoms. The number of anilines is 1. The van der Waals surface area contributed by atoms with Crippen LogP contribution in [0.3, 0.4) is 0 Å². The Kier molecular flexibility index (Phi) is 7.94. The van der Waals surface area contributed by atoms with Crippen LogP contribution in [0.4, 0.5) is 14.9 Å². The van der Waals surface area contributed by atoms with E-state index in [1.54, 1.807) is 37.3 Å². The van der Waals surface area contributed by atoms with E-state index >= 15 is 0 Å². The lowest BCUT2D eigenvalue weighted by Gasteiger charge is -2.38. The second kappa shape index (κ2) is 11.3. The summed E-state index contributed by atoms with van der Waals surface area (Å²) in [6.07, 6.45) is 0. The molecule has 2 heterocycles. The third kappa shape index (κ3) is 5.38. The summed E-state index contributed by atoms with van der Waals surface area (Å²) < 4.78 is 29.7. The van der Waals surface area contributed by atoms with Gasteiger partial charge in [-0.2, -0.15) is 0 Å². The summed E-state index contributed by atoms with van der Waals surface area (Å²) in [7, 11) is 3.04. The minimum atomic E-state index is -0.779. The van der Waals surface area contributed by atoms with Crippen LogP contribution in [0, 0.1) is 5.82 Å². The molecule has 4 rings (SSSR count). The first-order chi connectivity index (χ1) is 17.4. The number of halogens is 1. The topological polar surface area (TPSA) is 92.4 Å². The molecule has 2 aromatic carbocycles. The number of piperazine rings is 1. The summed E-state index contributed by atoms with van der Waals surface area (Å²) in [5.41, 5.74) is 2.36. The van der Waals surface area contributed by atoms with E-state index in [4.69, 9.17) is 14.2 Å². The fourth-order valence-corrected chi connectivity index (χ4v) is 4.60. The zero-order valence-electron chi connectivity index (χ0n) is 20.7. The van der Waals surface area contributed by atoms with Crippen molar-refractivity contribution in [2.24, 2.45) is 0 Å². The van der Waals surface area contributed by atoms with Gasteiger partial charge in [0.25, 0.3) is 0 Å². The van der Waals surface area contributed by atoms with E-state index in [1.165, 1.54) is 26.4 Å². The van der Waals surface area contributed by atoms with Crippen LogP contribution in [0.15, 0.2) is 53.7 Å². The molecule has 2 aromatic rings. The van der Waals surface area contributed by atoms with E-state index in [0.717, 1.165) is 18.8 Å². The van der Waals surface area contributed by atoms with E-state index in [9.17, 15) is 14.0 Å². The smallest absolute Gasteiger partial charge is 0.338 e. The van der Waals surface area contributed by atoms with Gasteiger partial charge in [0, 0.05) is 49.7 Å². The molecule has 2 N–H and O–H groups in total. The Morgan fingerprint density at radius 2 is 1.78 bits per heavy atom. The minimum Gasteiger partial charge on any atom is -0.493 e. The molecule has 0 radical (unpaired) electrons. The van der Waals surface area contributed by atoms with Crippen LogP contribution in [0.5, 0.6) is 11.5 Å². The molecule has 9 nitrogen and oxygen atoms in total. The lowest BCUT2D eigenvalue weighted by Crippen LogP contribution is -2.51. The number of methoxy groups -OCH3 is 2. The predicted octanol–water partition coefficient (Wildman–Crippen LogP) is 2.84. The van der Waals surface area contributed by atoms with Crippen molar-refractivity contribution < 1.29 is 28.2 Å². The number of amides is 2. The second-order valence-corrected chi connectivity index (χ2v) is 8.47. The number of benzene rings is 2. The zero-order chi connectivity index (χ0) is 25.7. The van der Waals surface area contributed by atoms with Gasteiger partial charge in [-0.25, -0.2) is 14.0 Å². The van der Waals surface area contributed by atoms with Gasteiger partial charge in [-0.15, -0.1) is 0 Å². The average molecular weight is 499 g/mol. The van der Waals surface area contributed by atoms with E-state index in [1.807, 2.05) is 0 Å². The minimum absolute atomic E-state index is 0.196. The number of carbonyl (C=O) groups excluding carboxylic acids is 2. The SMILES string of the molecule is CCOC(=O)C1=C(CN2CCN(c3ccc(F)cc3)CC2)NC(=O)NC1c1cccc(OC)c1OC. The Morgan fingerprint density at radius 3 is 2.42 bits per heavy atom. The molecule has 1 saturated heterocycles. The van der Waals surface area contributed by atoms with Gasteiger partial charge in [0.1, 0.15) is 5.82 Å². The molecule has 0 aromatic heterocycles. The maximum atomic E-state index is 13.3. The number of urea groups is 1. The predicted molar refractivity (Wildman–Crippen MR) is 133 cm³/mol. The molecule has 0 saturated carbocycles. The molecular formula is C26H31FN4O5. The first-order valence-corrected chi connectivity index (χ1v) is 11.9. The number of hydrogen-bond donors (Lipinski definition) is 2. The molecule has 1 fully saturated rings. The molecule has 0 aliphatic carbocycles. The van der Waals surface area contributed by atoms with Crippen LogP contribution in [-0.2, 0) is 9.53 Å². The fraction of sp³-hybridized carbons (Fsp3) is 0.385. The lowest BCUT2D eigenvalue weighted by atomic mass is 9.93. The second-order valence-electron chi connectivity index (χ2n) is 8.47. The lowest BCUT2D eigenvalue weighted by molar-refractivity contribution is -0.139. The molecule has 1 unspecified atom stereocenters. The average Bonchev–Trinajstić information content (AvgIpc) is 2.88. The molecule has 36 heavy (non-hydrogen) atoms. The van der Waals surface area contributed by atoms with Crippen LogP contribution in [0.1, 0.15) is 18.5 Å². The molecule has 192 valence electrons. The number of nitrogens with zero attached hydrogens (tertiary/aromatic N) is 2. The Morgan fingerprint density at radius 1 is 1.06 bits per heavy atom. The maximum Gasteiger partial charge on any atom is 0.338 e. The summed E-state index contributed by atoms with van der Waals surface area (Å²) in [5, 5.41) is 5.67. The summed E-state index contributed by atoms with van der Waals surface area (Å²) in [5.74, 6) is 0.144. The standard InChI is InChI=1S/C26H31FN4O5/c1-4-36-25(32)22-20(16-30-12-14-31(15-13-30)18-10-8-17(27)9-11-18)28-26(33)29-23(22)19-6-5-7-21(34-2)24(19)35-3/h5-11,23H,4,12-16H2,1-3H3,(H2,28,29,33). The summed E-state index contributed by atoms with van der Waals surface area (Å²) in [6, 6.07) is 10.6. The molecule has 2 aliphatic rings. The fourth-order valence-electron chi connectivity index (χ4n) is 4.60. The van der Waals surface area contributed by atoms with Crippen molar-refractivity contribution in [3.8, 4) is 11.5 Å². The molecule has 0 spiro atoms. The highest BCUT2D eigenvalue weighted by Gasteiger charge is 2.36. The number of rotatable bonds is 8. The first kappa shape index (κ1) is 25.3. The molecule has 10 heteroatoms. The number of hydrogen-bond acceptors (Lipinski definition) is 7. The maximum absolute atomic E-state index is 13.3. The molecular weight excluding hydrogens is 467 g/mol. The van der Waals surface area contributed by atoms with Crippen molar-refractivity contribution in [2.75, 3.05) is 58.5 Å². The Bertz CT molecular complexity index is 1130. The van der Waals surface area contributed by atoms with Crippen LogP contribution in [-0.4, -0.2) is 70.5 Å². The Hall–Kier alpha value is -3.79. The molecule has 1 atom stereocenters. The number of para-hydroxylation sites is 1. The number of nitrogens with one attached hydrogen (secondary N) is 2. The highest BCUT2D eigenvalue weighted by Crippen LogP contribution is 2.39. The Balaban J connectivity index is 1.61. The molecule has 2 amide bonds. The van der Waals surface area contributed by atoms with Crippen LogP contribution >= 0.6 is 0 Å². The van der Waals surface area contributed by atoms with Crippen molar-refractivity contribution in [1.82, 2.24) is 15.5 Å². The normalized spacial score (nSPS) is 18.4.